The minimum atomic E-state index is -4.89. The molecule has 2 aliphatic carbocycles. The molecule has 2 unspecified atom stereocenters. The molecule has 0 saturated carbocycles. The van der Waals surface area contributed by atoms with Crippen molar-refractivity contribution in [2.75, 3.05) is 0 Å². The number of hydrogen-bond donors (Lipinski definition) is 0. The Labute approximate surface area is 313 Å². The summed E-state index contributed by atoms with van der Waals surface area (Å²) in [6.07, 6.45) is 4.89. The molecule has 0 N–H and O–H groups in total. The van der Waals surface area contributed by atoms with E-state index in [1.165, 1.54) is 66.8 Å². The van der Waals surface area contributed by atoms with Crippen LogP contribution in [0.4, 0.5) is 0 Å². The second kappa shape index (κ2) is 12.9. The molecule has 0 radical (unpaired) electrons. The molecule has 0 amide bonds. The number of benzene rings is 4. The van der Waals surface area contributed by atoms with Gasteiger partial charge in [-0.3, -0.25) is 0 Å². The molecule has 0 nitrogen and oxygen atoms in total. The zero-order chi connectivity index (χ0) is 35.9. The van der Waals surface area contributed by atoms with Gasteiger partial charge in [-0.2, -0.15) is 0 Å². The van der Waals surface area contributed by atoms with Gasteiger partial charge >= 0.3 is 316 Å². The second-order valence-electron chi connectivity index (χ2n) is 17.3. The molecule has 2 aliphatic rings. The summed E-state index contributed by atoms with van der Waals surface area (Å²) in [6, 6.07) is 29.7. The Kier molecular flexibility index (Phi) is 9.80. The van der Waals surface area contributed by atoms with Gasteiger partial charge in [0.1, 0.15) is 0 Å². The first kappa shape index (κ1) is 37.3. The van der Waals surface area contributed by atoms with E-state index < -0.39 is 21.5 Å². The summed E-state index contributed by atoms with van der Waals surface area (Å²) in [6.45, 7) is 25.4. The van der Waals surface area contributed by atoms with Crippen LogP contribution in [-0.4, -0.2) is 5.92 Å². The average Bonchev–Trinajstić information content (AvgIpc) is 3.61. The molecule has 0 aromatic heterocycles. The van der Waals surface area contributed by atoms with Crippen LogP contribution in [-0.2, 0) is 26.4 Å². The maximum atomic E-state index is 8.68. The zero-order valence-electron chi connectivity index (χ0n) is 31.1. The minimum absolute atomic E-state index is 0.0300. The van der Waals surface area contributed by atoms with Crippen molar-refractivity contribution in [3.63, 3.8) is 0 Å². The van der Waals surface area contributed by atoms with Gasteiger partial charge in [-0.25, -0.2) is 0 Å². The quantitative estimate of drug-likeness (QED) is 0.170. The molecule has 49 heavy (non-hydrogen) atoms. The van der Waals surface area contributed by atoms with E-state index in [4.69, 9.17) is 17.0 Å². The number of rotatable bonds is 6. The van der Waals surface area contributed by atoms with Crippen molar-refractivity contribution < 1.29 is 15.6 Å². The molecule has 4 aromatic rings. The van der Waals surface area contributed by atoms with Crippen molar-refractivity contribution in [2.24, 2.45) is 5.92 Å². The molecule has 0 saturated heterocycles. The maximum absolute atomic E-state index is 8.68. The van der Waals surface area contributed by atoms with Crippen LogP contribution in [0, 0.1) is 5.92 Å². The Balaban J connectivity index is 1.54. The van der Waals surface area contributed by atoms with Crippen molar-refractivity contribution in [1.82, 2.24) is 0 Å². The van der Waals surface area contributed by atoms with E-state index in [9.17, 15) is 0 Å². The predicted molar refractivity (Wildman–Crippen MR) is 221 cm³/mol. The normalized spacial score (nSPS) is 18.7. The van der Waals surface area contributed by atoms with E-state index in [1.807, 2.05) is 0 Å². The zero-order valence-corrected chi connectivity index (χ0v) is 37.8. The molecular weight excluding hydrogens is 799 g/mol. The van der Waals surface area contributed by atoms with Crippen LogP contribution in [0.2, 0.25) is 13.1 Å². The first-order valence-electron chi connectivity index (χ1n) is 17.9. The Hall–Kier alpha value is -1.48. The van der Waals surface area contributed by atoms with Crippen LogP contribution in [0.15, 0.2) is 94.5 Å². The summed E-state index contributed by atoms with van der Waals surface area (Å²) in [5.74, 6) is -1.34. The van der Waals surface area contributed by atoms with Gasteiger partial charge in [0, 0.05) is 0 Å². The number of fused-ring (bicyclic) bond motifs is 2. The van der Waals surface area contributed by atoms with Gasteiger partial charge in [-0.05, 0) is 0 Å². The Morgan fingerprint density at radius 2 is 1.18 bits per heavy atom. The molecule has 6 rings (SSSR count). The molecule has 0 spiro atoms. The third-order valence-electron chi connectivity index (χ3n) is 11.4. The van der Waals surface area contributed by atoms with Gasteiger partial charge in [0.15, 0.2) is 0 Å². The number of hydrogen-bond acceptors (Lipinski definition) is 0. The summed E-state index contributed by atoms with van der Waals surface area (Å²) in [5.41, 5.74) is 15.9. The van der Waals surface area contributed by atoms with Crippen molar-refractivity contribution in [1.29, 1.82) is 0 Å². The van der Waals surface area contributed by atoms with Gasteiger partial charge in [0.05, 0.1) is 0 Å². The van der Waals surface area contributed by atoms with Gasteiger partial charge in [-0.15, -0.1) is 0 Å². The summed E-state index contributed by atoms with van der Waals surface area (Å²) in [5, 5.41) is 0. The predicted octanol–water partition coefficient (Wildman–Crippen LogP) is 14.6. The topological polar surface area (TPSA) is 0 Å². The van der Waals surface area contributed by atoms with E-state index in [1.54, 1.807) is 0 Å². The first-order chi connectivity index (χ1) is 22.7. The third-order valence-corrected chi connectivity index (χ3v) is 64.0. The van der Waals surface area contributed by atoms with Crippen LogP contribution in [0.25, 0.3) is 34.4 Å². The van der Waals surface area contributed by atoms with Crippen molar-refractivity contribution >= 4 is 51.0 Å². The molecule has 257 valence electrons. The molecule has 2 atom stereocenters. The standard InChI is InChI=1S/C22H25.C20H20Br.C2H7Si.2ClH.Zr/c1-15(2)18-13-17-7-6-8-20(21(17)14-18)16-9-11-19(12-10-16)22(3,4)5;1-13-11-17-16(9-10-19(21)18(17)12-13)14-5-7-15(8-6-14)20(2,3)4;1-3-2;;;/h6-15H,1-5H3;5-12H,1-4H3;3H,1-2H3;2*1H;/q;;;;;+2/p-2. The van der Waals surface area contributed by atoms with Gasteiger partial charge in [-0.1, -0.05) is 0 Å². The van der Waals surface area contributed by atoms with Crippen LogP contribution >= 0.6 is 33.0 Å². The molecule has 0 fully saturated rings. The van der Waals surface area contributed by atoms with Gasteiger partial charge in [0.2, 0.25) is 0 Å². The van der Waals surface area contributed by atoms with Gasteiger partial charge < -0.3 is 0 Å². The SMILES string of the molecule is CC1=Cc2c(-c3ccc(C(C)(C)C)cc3)ccc(Br)c2[CH]1[Zr]([Cl])([Cl])([CH]1C(C(C)C)=Cc2c(-c3ccc(C(C)(C)C)cc3)cccc21)[SiH](C)C. The van der Waals surface area contributed by atoms with Gasteiger partial charge in [0.25, 0.3) is 0 Å². The van der Waals surface area contributed by atoms with Crippen LogP contribution in [0.3, 0.4) is 0 Å². The van der Waals surface area contributed by atoms with Crippen LogP contribution in [0.1, 0.15) is 103 Å². The fourth-order valence-electron chi connectivity index (χ4n) is 8.49. The first-order valence-corrected chi connectivity index (χ1v) is 35.0. The summed E-state index contributed by atoms with van der Waals surface area (Å²) < 4.78 is 1.21. The molecule has 5 heteroatoms. The fourth-order valence-corrected chi connectivity index (χ4v) is 41.6. The average molecular weight is 851 g/mol. The third kappa shape index (κ3) is 6.24. The number of halogens is 3. The summed E-state index contributed by atoms with van der Waals surface area (Å²) in [7, 11) is 17.4. The van der Waals surface area contributed by atoms with Crippen LogP contribution < -0.4 is 0 Å². The van der Waals surface area contributed by atoms with E-state index in [0.717, 1.165) is 4.47 Å². The summed E-state index contributed by atoms with van der Waals surface area (Å²) in [4.78, 5) is 0. The monoisotopic (exact) mass is 847 g/mol. The van der Waals surface area contributed by atoms with E-state index in [0.29, 0.717) is 5.92 Å². The summed E-state index contributed by atoms with van der Waals surface area (Å²) >= 11 is -0.836. The Bertz CT molecular complexity index is 1990. The molecule has 0 aliphatic heterocycles. The van der Waals surface area contributed by atoms with E-state index in [2.05, 4.69) is 182 Å². The molecule has 0 heterocycles. The van der Waals surface area contributed by atoms with E-state index >= 15 is 0 Å². The second-order valence-corrected chi connectivity index (χ2v) is 60.7. The Morgan fingerprint density at radius 3 is 1.65 bits per heavy atom. The molecular formula is C44H52BrCl2SiZr. The van der Waals surface area contributed by atoms with E-state index in [-0.39, 0.29) is 18.1 Å². The molecule has 0 bridgehead atoms. The van der Waals surface area contributed by atoms with Crippen LogP contribution in [0.5, 0.6) is 0 Å². The van der Waals surface area contributed by atoms with Crippen molar-refractivity contribution in [3.05, 3.63) is 128 Å². The fraction of sp³-hybridized carbons (Fsp3) is 0.364. The van der Waals surface area contributed by atoms with Crippen molar-refractivity contribution in [2.45, 2.75) is 93.5 Å². The Morgan fingerprint density at radius 1 is 0.673 bits per heavy atom. The number of allylic oxidation sites excluding steroid dienone is 2. The van der Waals surface area contributed by atoms with Crippen molar-refractivity contribution in [3.8, 4) is 22.3 Å². The molecule has 4 aromatic carbocycles.